The van der Waals surface area contributed by atoms with Crippen LogP contribution in [0.1, 0.15) is 50.4 Å². The molecule has 0 saturated heterocycles. The van der Waals surface area contributed by atoms with E-state index in [1.165, 1.54) is 12.7 Å². The summed E-state index contributed by atoms with van der Waals surface area (Å²) in [6, 6.07) is 10.2. The predicted molar refractivity (Wildman–Crippen MR) is 110 cm³/mol. The van der Waals surface area contributed by atoms with Gasteiger partial charge in [0.1, 0.15) is 11.5 Å². The highest BCUT2D eigenvalue weighted by atomic mass is 16.5. The minimum Gasteiger partial charge on any atom is -0.465 e. The van der Waals surface area contributed by atoms with Crippen molar-refractivity contribution in [2.24, 2.45) is 0 Å². The molecule has 0 aliphatic heterocycles. The lowest BCUT2D eigenvalue weighted by Crippen LogP contribution is -2.27. The maximum absolute atomic E-state index is 12.6. The highest BCUT2D eigenvalue weighted by Crippen LogP contribution is 2.20. The molecular weight excluding hydrogens is 368 g/mol. The summed E-state index contributed by atoms with van der Waals surface area (Å²) in [5.74, 6) is 0.230. The van der Waals surface area contributed by atoms with Gasteiger partial charge in [0.05, 0.1) is 12.7 Å². The van der Waals surface area contributed by atoms with Gasteiger partial charge in [-0.1, -0.05) is 37.3 Å². The Hall–Kier alpha value is -3.35. The summed E-state index contributed by atoms with van der Waals surface area (Å²) in [6.07, 6.45) is 4.92. The van der Waals surface area contributed by atoms with E-state index in [4.69, 9.17) is 4.74 Å². The van der Waals surface area contributed by atoms with Crippen LogP contribution in [0.5, 0.6) is 0 Å². The predicted octanol–water partition coefficient (Wildman–Crippen LogP) is 2.89. The SMILES string of the molecule is CCc1[nH]c(C(=O)NCCc2nccn2Cc2ccccc2)c(C)c1C(=O)OC. The van der Waals surface area contributed by atoms with E-state index in [9.17, 15) is 9.59 Å². The maximum Gasteiger partial charge on any atom is 0.339 e. The van der Waals surface area contributed by atoms with Gasteiger partial charge in [0, 0.05) is 37.6 Å². The number of ether oxygens (including phenoxy) is 1. The number of aryl methyl sites for hydroxylation is 1. The van der Waals surface area contributed by atoms with Crippen LogP contribution in [-0.4, -0.2) is 40.1 Å². The van der Waals surface area contributed by atoms with Gasteiger partial charge >= 0.3 is 5.97 Å². The second-order valence-electron chi connectivity index (χ2n) is 6.79. The number of rotatable bonds is 8. The van der Waals surface area contributed by atoms with Gasteiger partial charge in [-0.3, -0.25) is 4.79 Å². The Morgan fingerprint density at radius 2 is 2.00 bits per heavy atom. The second-order valence-corrected chi connectivity index (χ2v) is 6.79. The summed E-state index contributed by atoms with van der Waals surface area (Å²) in [7, 11) is 1.34. The molecule has 7 nitrogen and oxygen atoms in total. The number of H-pyrrole nitrogens is 1. The van der Waals surface area contributed by atoms with Crippen molar-refractivity contribution in [3.63, 3.8) is 0 Å². The third-order valence-corrected chi connectivity index (χ3v) is 4.93. The number of nitrogens with zero attached hydrogens (tertiary/aromatic N) is 2. The fourth-order valence-corrected chi connectivity index (χ4v) is 3.40. The van der Waals surface area contributed by atoms with Gasteiger partial charge < -0.3 is 19.6 Å². The van der Waals surface area contributed by atoms with Crippen LogP contribution >= 0.6 is 0 Å². The number of aromatic nitrogens is 3. The topological polar surface area (TPSA) is 89.0 Å². The smallest absolute Gasteiger partial charge is 0.339 e. The summed E-state index contributed by atoms with van der Waals surface area (Å²) in [5, 5.41) is 2.92. The van der Waals surface area contributed by atoms with Crippen molar-refractivity contribution in [3.05, 3.63) is 76.6 Å². The van der Waals surface area contributed by atoms with Crippen molar-refractivity contribution < 1.29 is 14.3 Å². The van der Waals surface area contributed by atoms with E-state index >= 15 is 0 Å². The van der Waals surface area contributed by atoms with Crippen LogP contribution in [0, 0.1) is 6.92 Å². The Bertz CT molecular complexity index is 989. The normalized spacial score (nSPS) is 10.7. The number of aromatic amines is 1. The standard InChI is InChI=1S/C22H26N4O3/c1-4-17-19(22(28)29-3)15(2)20(25-17)21(27)24-11-10-18-23-12-13-26(18)14-16-8-6-5-7-9-16/h5-9,12-13,25H,4,10-11,14H2,1-3H3,(H,24,27). The third kappa shape index (κ3) is 4.56. The Morgan fingerprint density at radius 3 is 2.69 bits per heavy atom. The molecule has 152 valence electrons. The van der Waals surface area contributed by atoms with E-state index < -0.39 is 5.97 Å². The first-order chi connectivity index (χ1) is 14.0. The van der Waals surface area contributed by atoms with Gasteiger partial charge in [0.2, 0.25) is 0 Å². The second kappa shape index (κ2) is 9.23. The van der Waals surface area contributed by atoms with Crippen molar-refractivity contribution in [1.29, 1.82) is 0 Å². The number of hydrogen-bond acceptors (Lipinski definition) is 4. The van der Waals surface area contributed by atoms with Crippen LogP contribution < -0.4 is 5.32 Å². The van der Waals surface area contributed by atoms with E-state index in [-0.39, 0.29) is 5.91 Å². The first-order valence-corrected chi connectivity index (χ1v) is 9.67. The van der Waals surface area contributed by atoms with Crippen LogP contribution in [-0.2, 0) is 24.1 Å². The van der Waals surface area contributed by atoms with Crippen molar-refractivity contribution in [1.82, 2.24) is 19.9 Å². The molecule has 0 aliphatic rings. The highest BCUT2D eigenvalue weighted by molar-refractivity contribution is 6.00. The molecule has 2 N–H and O–H groups in total. The summed E-state index contributed by atoms with van der Waals surface area (Å²) >= 11 is 0. The Morgan fingerprint density at radius 1 is 1.24 bits per heavy atom. The van der Waals surface area contributed by atoms with Crippen LogP contribution in [0.4, 0.5) is 0 Å². The monoisotopic (exact) mass is 394 g/mol. The number of esters is 1. The number of benzene rings is 1. The Kier molecular flexibility index (Phi) is 6.49. The molecule has 2 heterocycles. The van der Waals surface area contributed by atoms with E-state index in [2.05, 4.69) is 32.0 Å². The number of imidazole rings is 1. The van der Waals surface area contributed by atoms with Crippen LogP contribution in [0.25, 0.3) is 0 Å². The van der Waals surface area contributed by atoms with Gasteiger partial charge in [-0.05, 0) is 24.5 Å². The zero-order valence-electron chi connectivity index (χ0n) is 17.0. The lowest BCUT2D eigenvalue weighted by Gasteiger charge is -2.09. The third-order valence-electron chi connectivity index (χ3n) is 4.93. The van der Waals surface area contributed by atoms with Crippen LogP contribution in [0.3, 0.4) is 0 Å². The first-order valence-electron chi connectivity index (χ1n) is 9.67. The zero-order valence-corrected chi connectivity index (χ0v) is 17.0. The van der Waals surface area contributed by atoms with Gasteiger partial charge in [0.25, 0.3) is 5.91 Å². The van der Waals surface area contributed by atoms with Gasteiger partial charge in [-0.2, -0.15) is 0 Å². The molecule has 0 radical (unpaired) electrons. The lowest BCUT2D eigenvalue weighted by molar-refractivity contribution is 0.0599. The van der Waals surface area contributed by atoms with Crippen LogP contribution in [0.2, 0.25) is 0 Å². The van der Waals surface area contributed by atoms with E-state index in [0.29, 0.717) is 41.9 Å². The molecular formula is C22H26N4O3. The van der Waals surface area contributed by atoms with Crippen molar-refractivity contribution >= 4 is 11.9 Å². The van der Waals surface area contributed by atoms with Gasteiger partial charge in [-0.15, -0.1) is 0 Å². The number of methoxy groups -OCH3 is 1. The molecule has 0 spiro atoms. The molecule has 0 bridgehead atoms. The van der Waals surface area contributed by atoms with Crippen LogP contribution in [0.15, 0.2) is 42.7 Å². The largest absolute Gasteiger partial charge is 0.465 e. The van der Waals surface area contributed by atoms with E-state index in [0.717, 1.165) is 12.4 Å². The molecule has 0 fully saturated rings. The minimum absolute atomic E-state index is 0.242. The first kappa shape index (κ1) is 20.4. The average molecular weight is 394 g/mol. The summed E-state index contributed by atoms with van der Waals surface area (Å²) in [5.41, 5.74) is 3.35. The molecule has 0 saturated carbocycles. The number of hydrogen-bond donors (Lipinski definition) is 2. The molecule has 0 unspecified atom stereocenters. The number of amides is 1. The van der Waals surface area contributed by atoms with Crippen molar-refractivity contribution in [2.75, 3.05) is 13.7 Å². The van der Waals surface area contributed by atoms with E-state index in [1.807, 2.05) is 31.3 Å². The summed E-state index contributed by atoms with van der Waals surface area (Å²) < 4.78 is 6.92. The lowest BCUT2D eigenvalue weighted by atomic mass is 10.1. The average Bonchev–Trinajstić information content (AvgIpc) is 3.31. The zero-order chi connectivity index (χ0) is 20.8. The molecule has 0 atom stereocenters. The number of nitrogens with one attached hydrogen (secondary N) is 2. The van der Waals surface area contributed by atoms with Gasteiger partial charge in [-0.25, -0.2) is 9.78 Å². The molecule has 7 heteroatoms. The number of carbonyl (C=O) groups is 2. The van der Waals surface area contributed by atoms with E-state index in [1.54, 1.807) is 13.1 Å². The Labute approximate surface area is 170 Å². The number of carbonyl (C=O) groups excluding carboxylic acids is 2. The fraction of sp³-hybridized carbons (Fsp3) is 0.318. The summed E-state index contributed by atoms with van der Waals surface area (Å²) in [6.45, 7) is 4.86. The molecule has 3 rings (SSSR count). The minimum atomic E-state index is -0.433. The van der Waals surface area contributed by atoms with Crippen molar-refractivity contribution in [2.45, 2.75) is 33.2 Å². The molecule has 29 heavy (non-hydrogen) atoms. The highest BCUT2D eigenvalue weighted by Gasteiger charge is 2.23. The Balaban J connectivity index is 1.63. The molecule has 2 aromatic heterocycles. The summed E-state index contributed by atoms with van der Waals surface area (Å²) in [4.78, 5) is 32.1. The quantitative estimate of drug-likeness (QED) is 0.575. The molecule has 1 aromatic carbocycles. The molecule has 3 aromatic rings. The molecule has 0 aliphatic carbocycles. The molecule has 1 amide bonds. The van der Waals surface area contributed by atoms with Crippen molar-refractivity contribution in [3.8, 4) is 0 Å². The fourth-order valence-electron chi connectivity index (χ4n) is 3.40. The maximum atomic E-state index is 12.6. The van der Waals surface area contributed by atoms with Gasteiger partial charge in [0.15, 0.2) is 0 Å².